The van der Waals surface area contributed by atoms with Crippen LogP contribution in [0, 0.1) is 5.82 Å². The van der Waals surface area contributed by atoms with Gasteiger partial charge in [-0.2, -0.15) is 0 Å². The second-order valence-corrected chi connectivity index (χ2v) is 4.51. The van der Waals surface area contributed by atoms with Crippen LogP contribution in [0.5, 0.6) is 0 Å². The molecule has 1 N–H and O–H groups in total. The van der Waals surface area contributed by atoms with Crippen LogP contribution in [0.2, 0.25) is 0 Å². The molecule has 0 spiro atoms. The van der Waals surface area contributed by atoms with Crippen molar-refractivity contribution in [1.82, 2.24) is 0 Å². The number of anilines is 1. The molecule has 1 nitrogen and oxygen atoms in total. The molecule has 0 fully saturated rings. The minimum atomic E-state index is -0.165. The van der Waals surface area contributed by atoms with Crippen LogP contribution in [0.1, 0.15) is 13.3 Å². The Morgan fingerprint density at radius 3 is 3.23 bits per heavy atom. The molecule has 2 rings (SSSR count). The first kappa shape index (κ1) is 8.88. The predicted molar refractivity (Wildman–Crippen MR) is 54.8 cm³/mol. The Morgan fingerprint density at radius 2 is 2.46 bits per heavy atom. The highest BCUT2D eigenvalue weighted by molar-refractivity contribution is 8.00. The molecule has 0 radical (unpaired) electrons. The van der Waals surface area contributed by atoms with Gasteiger partial charge >= 0.3 is 0 Å². The minimum absolute atomic E-state index is 0.165. The molecule has 0 saturated carbocycles. The standard InChI is InChI=1S/C10H12FNS/c1-2-8-6-12-9-5-7(11)3-4-10(9)13-8/h3-5,8,12H,2,6H2,1H3. The van der Waals surface area contributed by atoms with Crippen LogP contribution in [0.15, 0.2) is 23.1 Å². The van der Waals surface area contributed by atoms with E-state index in [0.29, 0.717) is 5.25 Å². The van der Waals surface area contributed by atoms with Crippen molar-refractivity contribution in [1.29, 1.82) is 0 Å². The highest BCUT2D eigenvalue weighted by Gasteiger charge is 2.17. The van der Waals surface area contributed by atoms with Gasteiger partial charge in [-0.3, -0.25) is 0 Å². The number of halogens is 1. The minimum Gasteiger partial charge on any atom is -0.383 e. The number of fused-ring (bicyclic) bond motifs is 1. The average Bonchev–Trinajstić information content (AvgIpc) is 2.17. The lowest BCUT2D eigenvalue weighted by Crippen LogP contribution is -2.20. The third-order valence-corrected chi connectivity index (χ3v) is 3.65. The van der Waals surface area contributed by atoms with Crippen molar-refractivity contribution in [3.63, 3.8) is 0 Å². The van der Waals surface area contributed by atoms with Gasteiger partial charge in [0.25, 0.3) is 0 Å². The zero-order valence-corrected chi connectivity index (χ0v) is 8.33. The second-order valence-electron chi connectivity index (χ2n) is 3.17. The van der Waals surface area contributed by atoms with Crippen LogP contribution in [0.25, 0.3) is 0 Å². The Labute approximate surface area is 81.7 Å². The molecule has 13 heavy (non-hydrogen) atoms. The molecule has 1 aromatic rings. The topological polar surface area (TPSA) is 12.0 Å². The molecule has 1 aromatic carbocycles. The number of nitrogens with one attached hydrogen (secondary N) is 1. The molecule has 0 aromatic heterocycles. The van der Waals surface area contributed by atoms with E-state index in [1.165, 1.54) is 11.0 Å². The van der Waals surface area contributed by atoms with E-state index in [4.69, 9.17) is 0 Å². The van der Waals surface area contributed by atoms with Crippen LogP contribution in [-0.2, 0) is 0 Å². The zero-order valence-electron chi connectivity index (χ0n) is 7.51. The van der Waals surface area contributed by atoms with Crippen molar-refractivity contribution in [2.45, 2.75) is 23.5 Å². The fourth-order valence-electron chi connectivity index (χ4n) is 1.42. The molecule has 1 atom stereocenters. The highest BCUT2D eigenvalue weighted by atomic mass is 32.2. The predicted octanol–water partition coefficient (Wildman–Crippen LogP) is 3.12. The summed E-state index contributed by atoms with van der Waals surface area (Å²) in [6.45, 7) is 3.12. The van der Waals surface area contributed by atoms with Crippen LogP contribution < -0.4 is 5.32 Å². The summed E-state index contributed by atoms with van der Waals surface area (Å²) in [5.41, 5.74) is 0.940. The van der Waals surface area contributed by atoms with Gasteiger partial charge < -0.3 is 5.32 Å². The van der Waals surface area contributed by atoms with Gasteiger partial charge in [0.05, 0.1) is 5.69 Å². The number of hydrogen-bond donors (Lipinski definition) is 1. The maximum Gasteiger partial charge on any atom is 0.125 e. The number of thioether (sulfide) groups is 1. The lowest BCUT2D eigenvalue weighted by Gasteiger charge is -2.24. The smallest absolute Gasteiger partial charge is 0.125 e. The van der Waals surface area contributed by atoms with E-state index in [1.807, 2.05) is 17.8 Å². The van der Waals surface area contributed by atoms with Crippen molar-refractivity contribution in [3.05, 3.63) is 24.0 Å². The van der Waals surface area contributed by atoms with Gasteiger partial charge in [-0.05, 0) is 24.6 Å². The van der Waals surface area contributed by atoms with E-state index in [2.05, 4.69) is 12.2 Å². The van der Waals surface area contributed by atoms with Gasteiger partial charge in [-0.25, -0.2) is 4.39 Å². The van der Waals surface area contributed by atoms with Crippen LogP contribution in [0.4, 0.5) is 10.1 Å². The van der Waals surface area contributed by atoms with Crippen molar-refractivity contribution >= 4 is 17.4 Å². The van der Waals surface area contributed by atoms with Crippen molar-refractivity contribution in [3.8, 4) is 0 Å². The van der Waals surface area contributed by atoms with Gasteiger partial charge in [0.15, 0.2) is 0 Å². The van der Waals surface area contributed by atoms with Crippen LogP contribution in [-0.4, -0.2) is 11.8 Å². The summed E-state index contributed by atoms with van der Waals surface area (Å²) in [5, 5.41) is 3.87. The maximum absolute atomic E-state index is 12.8. The monoisotopic (exact) mass is 197 g/mol. The maximum atomic E-state index is 12.8. The normalized spacial score (nSPS) is 20.6. The molecular weight excluding hydrogens is 185 g/mol. The fraction of sp³-hybridized carbons (Fsp3) is 0.400. The van der Waals surface area contributed by atoms with E-state index >= 15 is 0 Å². The van der Waals surface area contributed by atoms with E-state index in [-0.39, 0.29) is 5.82 Å². The third kappa shape index (κ3) is 1.80. The molecule has 1 aliphatic heterocycles. The average molecular weight is 197 g/mol. The molecule has 3 heteroatoms. The second kappa shape index (κ2) is 3.58. The van der Waals surface area contributed by atoms with E-state index in [1.54, 1.807) is 6.07 Å². The first-order valence-corrected chi connectivity index (χ1v) is 5.37. The Morgan fingerprint density at radius 1 is 1.62 bits per heavy atom. The van der Waals surface area contributed by atoms with Gasteiger partial charge in [0.1, 0.15) is 5.82 Å². The molecule has 0 aliphatic carbocycles. The number of rotatable bonds is 1. The summed E-state index contributed by atoms with van der Waals surface area (Å²) in [7, 11) is 0. The van der Waals surface area contributed by atoms with E-state index < -0.39 is 0 Å². The summed E-state index contributed by atoms with van der Waals surface area (Å²) in [5.74, 6) is -0.165. The van der Waals surface area contributed by atoms with Gasteiger partial charge in [-0.15, -0.1) is 11.8 Å². The summed E-state index contributed by atoms with van der Waals surface area (Å²) in [4.78, 5) is 1.17. The van der Waals surface area contributed by atoms with Crippen molar-refractivity contribution in [2.24, 2.45) is 0 Å². The molecule has 1 unspecified atom stereocenters. The quantitative estimate of drug-likeness (QED) is 0.742. The molecule has 1 heterocycles. The molecular formula is C10H12FNS. The van der Waals surface area contributed by atoms with Gasteiger partial charge in [-0.1, -0.05) is 6.92 Å². The van der Waals surface area contributed by atoms with E-state index in [9.17, 15) is 4.39 Å². The zero-order chi connectivity index (χ0) is 9.26. The molecule has 0 saturated heterocycles. The Hall–Kier alpha value is -0.700. The highest BCUT2D eigenvalue weighted by Crippen LogP contribution is 2.36. The summed E-state index contributed by atoms with van der Waals surface area (Å²) in [6.07, 6.45) is 1.15. The first-order valence-electron chi connectivity index (χ1n) is 4.49. The summed E-state index contributed by atoms with van der Waals surface area (Å²) >= 11 is 1.84. The Bertz CT molecular complexity index is 314. The largest absolute Gasteiger partial charge is 0.383 e. The fourth-order valence-corrected chi connectivity index (χ4v) is 2.51. The van der Waals surface area contributed by atoms with Crippen molar-refractivity contribution in [2.75, 3.05) is 11.9 Å². The Kier molecular flexibility index (Phi) is 2.44. The molecule has 0 bridgehead atoms. The molecule has 0 amide bonds. The van der Waals surface area contributed by atoms with Gasteiger partial charge in [0, 0.05) is 16.7 Å². The number of hydrogen-bond acceptors (Lipinski definition) is 2. The Balaban J connectivity index is 2.26. The van der Waals surface area contributed by atoms with Crippen molar-refractivity contribution < 1.29 is 4.39 Å². The lowest BCUT2D eigenvalue weighted by atomic mass is 10.2. The van der Waals surface area contributed by atoms with Crippen LogP contribution in [0.3, 0.4) is 0 Å². The molecule has 1 aliphatic rings. The SMILES string of the molecule is CCC1CNc2cc(F)ccc2S1. The van der Waals surface area contributed by atoms with E-state index in [0.717, 1.165) is 18.7 Å². The summed E-state index contributed by atoms with van der Waals surface area (Å²) in [6, 6.07) is 4.93. The van der Waals surface area contributed by atoms with Crippen LogP contribution >= 0.6 is 11.8 Å². The third-order valence-electron chi connectivity index (χ3n) is 2.21. The number of benzene rings is 1. The van der Waals surface area contributed by atoms with Gasteiger partial charge in [0.2, 0.25) is 0 Å². The first-order chi connectivity index (χ1) is 6.29. The summed E-state index contributed by atoms with van der Waals surface area (Å²) < 4.78 is 12.8. The molecule has 70 valence electrons. The lowest BCUT2D eigenvalue weighted by molar-refractivity contribution is 0.626.